The zero-order chi connectivity index (χ0) is 23.0. The summed E-state index contributed by atoms with van der Waals surface area (Å²) in [5.41, 5.74) is 6.32. The van der Waals surface area contributed by atoms with Crippen LogP contribution in [-0.2, 0) is 0 Å². The van der Waals surface area contributed by atoms with Crippen molar-refractivity contribution < 1.29 is 0 Å². The first-order valence-electron chi connectivity index (χ1n) is 12.0. The van der Waals surface area contributed by atoms with Crippen LogP contribution in [0.1, 0.15) is 29.9 Å². The van der Waals surface area contributed by atoms with E-state index in [0.717, 1.165) is 24.5 Å². The number of nitrogens with zero attached hydrogens (tertiary/aromatic N) is 6. The molecule has 4 atom stereocenters. The van der Waals surface area contributed by atoms with Crippen molar-refractivity contribution in [2.45, 2.75) is 31.1 Å². The van der Waals surface area contributed by atoms with Gasteiger partial charge < -0.3 is 19.6 Å². The van der Waals surface area contributed by atoms with Gasteiger partial charge in [-0.05, 0) is 42.0 Å². The molecule has 3 aromatic rings. The molecule has 7 rings (SSSR count). The molecule has 0 amide bonds. The highest BCUT2D eigenvalue weighted by Gasteiger charge is 2.51. The van der Waals surface area contributed by atoms with Crippen LogP contribution < -0.4 is 14.7 Å². The molecule has 6 nitrogen and oxygen atoms in total. The number of allylic oxidation sites excluding steroid dienone is 1. The van der Waals surface area contributed by atoms with E-state index in [9.17, 15) is 0 Å². The maximum Gasteiger partial charge on any atom is 0.178 e. The lowest BCUT2D eigenvalue weighted by Crippen LogP contribution is -2.52. The molecule has 0 spiro atoms. The van der Waals surface area contributed by atoms with Crippen LogP contribution in [0.3, 0.4) is 0 Å². The highest BCUT2D eigenvalue weighted by molar-refractivity contribution is 5.83. The summed E-state index contributed by atoms with van der Waals surface area (Å²) in [5.74, 6) is 2.62. The van der Waals surface area contributed by atoms with Gasteiger partial charge in [0.25, 0.3) is 0 Å². The van der Waals surface area contributed by atoms with Gasteiger partial charge in [-0.25, -0.2) is 9.97 Å². The zero-order valence-corrected chi connectivity index (χ0v) is 19.5. The molecule has 4 unspecified atom stereocenters. The molecular formula is C28H28N6. The van der Waals surface area contributed by atoms with Crippen LogP contribution in [0.5, 0.6) is 0 Å². The molecule has 0 fully saturated rings. The number of benzene rings is 2. The summed E-state index contributed by atoms with van der Waals surface area (Å²) in [5, 5.41) is 0. The van der Waals surface area contributed by atoms with E-state index in [-0.39, 0.29) is 12.3 Å². The Balaban J connectivity index is 1.44. The third-order valence-corrected chi connectivity index (χ3v) is 8.15. The Bertz CT molecular complexity index is 1330. The summed E-state index contributed by atoms with van der Waals surface area (Å²) in [4.78, 5) is 19.1. The van der Waals surface area contributed by atoms with Gasteiger partial charge in [-0.2, -0.15) is 0 Å². The fourth-order valence-corrected chi connectivity index (χ4v) is 6.62. The van der Waals surface area contributed by atoms with Crippen molar-refractivity contribution in [3.63, 3.8) is 0 Å². The Kier molecular flexibility index (Phi) is 4.10. The first-order valence-corrected chi connectivity index (χ1v) is 12.0. The predicted molar refractivity (Wildman–Crippen MR) is 137 cm³/mol. The van der Waals surface area contributed by atoms with Crippen molar-refractivity contribution in [1.82, 2.24) is 14.9 Å². The lowest BCUT2D eigenvalue weighted by Gasteiger charge is -2.47. The summed E-state index contributed by atoms with van der Waals surface area (Å²) in [7, 11) is 4.37. The summed E-state index contributed by atoms with van der Waals surface area (Å²) in [6, 6.07) is 17.6. The quantitative estimate of drug-likeness (QED) is 0.473. The first kappa shape index (κ1) is 19.6. The van der Waals surface area contributed by atoms with Crippen molar-refractivity contribution in [3.05, 3.63) is 91.0 Å². The second-order valence-corrected chi connectivity index (χ2v) is 9.84. The third kappa shape index (κ3) is 2.56. The second-order valence-electron chi connectivity index (χ2n) is 9.84. The average molecular weight is 449 g/mol. The zero-order valence-electron chi connectivity index (χ0n) is 19.5. The van der Waals surface area contributed by atoms with E-state index in [1.54, 1.807) is 6.20 Å². The average Bonchev–Trinajstić information content (AvgIpc) is 3.39. The van der Waals surface area contributed by atoms with Gasteiger partial charge in [0, 0.05) is 56.1 Å². The third-order valence-electron chi connectivity index (χ3n) is 8.15. The summed E-state index contributed by atoms with van der Waals surface area (Å²) in [6.45, 7) is 4.62. The highest BCUT2D eigenvalue weighted by atomic mass is 15.5. The van der Waals surface area contributed by atoms with Gasteiger partial charge in [0.05, 0.1) is 5.69 Å². The molecule has 4 aliphatic rings. The second kappa shape index (κ2) is 7.10. The topological polar surface area (TPSA) is 38.7 Å². The van der Waals surface area contributed by atoms with Gasteiger partial charge >= 0.3 is 0 Å². The molecule has 5 heterocycles. The normalized spacial score (nSPS) is 26.6. The van der Waals surface area contributed by atoms with Gasteiger partial charge in [-0.3, -0.25) is 0 Å². The van der Waals surface area contributed by atoms with Crippen molar-refractivity contribution in [3.8, 4) is 0 Å². The summed E-state index contributed by atoms with van der Waals surface area (Å²) in [6.07, 6.45) is 10.4. The van der Waals surface area contributed by atoms with Crippen LogP contribution in [0.2, 0.25) is 0 Å². The lowest BCUT2D eigenvalue weighted by atomic mass is 9.73. The number of hydrogen-bond acceptors (Lipinski definition) is 6. The van der Waals surface area contributed by atoms with Crippen molar-refractivity contribution in [1.29, 1.82) is 0 Å². The minimum Gasteiger partial charge on any atom is -0.359 e. The number of para-hydroxylation sites is 2. The van der Waals surface area contributed by atoms with E-state index in [1.165, 1.54) is 28.1 Å². The minimum absolute atomic E-state index is 0.155. The Hall–Kier alpha value is -3.80. The fraction of sp³-hybridized carbons (Fsp3) is 0.286. The Morgan fingerprint density at radius 2 is 1.62 bits per heavy atom. The molecule has 0 saturated carbocycles. The number of hydrogen-bond donors (Lipinski definition) is 0. The molecule has 4 aliphatic heterocycles. The standard InChI is InChI=1S/C28H28N6/c1-18-16-21-20-9-5-7-11-24(20)34-27-26(29-12-13-30-27)32(3)28(34)22(21)17-25-31(2)14-15-33(25)23-10-6-4-8-19(18)23/h4-15,21-22,25,28H,1,16-17H2,2-3H3. The van der Waals surface area contributed by atoms with E-state index < -0.39 is 0 Å². The Morgan fingerprint density at radius 1 is 0.882 bits per heavy atom. The highest BCUT2D eigenvalue weighted by Crippen LogP contribution is 2.56. The number of aromatic nitrogens is 2. The smallest absolute Gasteiger partial charge is 0.178 e. The molecule has 0 N–H and O–H groups in total. The Labute approximate surface area is 200 Å². The van der Waals surface area contributed by atoms with Gasteiger partial charge in [-0.15, -0.1) is 0 Å². The minimum atomic E-state index is 0.155. The SMILES string of the molecule is C=C1CC2c3ccccc3N3c4nccnc4N(C)C3C2CC2N(C)C=CN2c2ccccc21. The summed E-state index contributed by atoms with van der Waals surface area (Å²) < 4.78 is 0. The molecule has 0 aliphatic carbocycles. The molecule has 1 aromatic heterocycles. The van der Waals surface area contributed by atoms with Crippen LogP contribution in [0.25, 0.3) is 5.57 Å². The van der Waals surface area contributed by atoms with Gasteiger partial charge in [0.2, 0.25) is 0 Å². The molecule has 2 aromatic carbocycles. The van der Waals surface area contributed by atoms with Crippen LogP contribution in [0, 0.1) is 5.92 Å². The van der Waals surface area contributed by atoms with Crippen LogP contribution in [0.15, 0.2) is 79.9 Å². The lowest BCUT2D eigenvalue weighted by molar-refractivity contribution is 0.235. The molecule has 0 radical (unpaired) electrons. The fourth-order valence-electron chi connectivity index (χ4n) is 6.62. The maximum atomic E-state index is 4.79. The van der Waals surface area contributed by atoms with E-state index in [1.807, 2.05) is 6.20 Å². The van der Waals surface area contributed by atoms with Crippen LogP contribution in [0.4, 0.5) is 23.0 Å². The maximum absolute atomic E-state index is 4.79. The van der Waals surface area contributed by atoms with E-state index in [4.69, 9.17) is 9.97 Å². The van der Waals surface area contributed by atoms with Crippen LogP contribution in [-0.4, -0.2) is 41.3 Å². The van der Waals surface area contributed by atoms with Crippen molar-refractivity contribution in [2.24, 2.45) is 5.92 Å². The molecule has 6 heteroatoms. The van der Waals surface area contributed by atoms with Gasteiger partial charge in [0.1, 0.15) is 12.3 Å². The molecule has 0 saturated heterocycles. The summed E-state index contributed by atoms with van der Waals surface area (Å²) >= 11 is 0. The van der Waals surface area contributed by atoms with Crippen molar-refractivity contribution in [2.75, 3.05) is 28.8 Å². The first-order chi connectivity index (χ1) is 16.6. The molecule has 0 bridgehead atoms. The monoisotopic (exact) mass is 448 g/mol. The van der Waals surface area contributed by atoms with E-state index in [0.29, 0.717) is 11.8 Å². The van der Waals surface area contributed by atoms with Crippen molar-refractivity contribution >= 4 is 28.6 Å². The molecule has 34 heavy (non-hydrogen) atoms. The van der Waals surface area contributed by atoms with Gasteiger partial charge in [-0.1, -0.05) is 43.0 Å². The predicted octanol–water partition coefficient (Wildman–Crippen LogP) is 5.16. The molecule has 170 valence electrons. The molecular weight excluding hydrogens is 420 g/mol. The van der Waals surface area contributed by atoms with E-state index in [2.05, 4.69) is 101 Å². The van der Waals surface area contributed by atoms with E-state index >= 15 is 0 Å². The Morgan fingerprint density at radius 3 is 2.47 bits per heavy atom. The van der Waals surface area contributed by atoms with Crippen LogP contribution >= 0.6 is 0 Å². The number of rotatable bonds is 0. The van der Waals surface area contributed by atoms with Gasteiger partial charge in [0.15, 0.2) is 11.6 Å². The number of anilines is 4. The number of fused-ring (bicyclic) bond motifs is 11. The largest absolute Gasteiger partial charge is 0.359 e.